The standard InChI is InChI=1S/C19H19Cl2F3N2O6S/c1-8-12-9-6-11(30-5)13(20)14(21)15(9)25-16(32-33(28,29)19(22,23)24)10(12)7-26(8)17(27)31-18(2,3)4/h6,8H,7H2,1-5H3/t8-/m0/s1. The molecule has 8 nitrogen and oxygen atoms in total. The molecule has 1 atom stereocenters. The summed E-state index contributed by atoms with van der Waals surface area (Å²) in [5.74, 6) is -0.714. The van der Waals surface area contributed by atoms with Crippen LogP contribution in [-0.2, 0) is 21.4 Å². The molecule has 0 saturated carbocycles. The Morgan fingerprint density at radius 1 is 1.21 bits per heavy atom. The first-order valence-electron chi connectivity index (χ1n) is 9.37. The summed E-state index contributed by atoms with van der Waals surface area (Å²) >= 11 is 12.4. The molecule has 1 aliphatic heterocycles. The number of methoxy groups -OCH3 is 1. The van der Waals surface area contributed by atoms with E-state index in [9.17, 15) is 26.4 Å². The number of rotatable bonds is 3. The Kier molecular flexibility index (Phi) is 6.35. The van der Waals surface area contributed by atoms with E-state index in [0.29, 0.717) is 5.39 Å². The molecule has 182 valence electrons. The Balaban J connectivity index is 2.28. The second-order valence-electron chi connectivity index (χ2n) is 8.18. The molecule has 33 heavy (non-hydrogen) atoms. The van der Waals surface area contributed by atoms with Gasteiger partial charge in [0, 0.05) is 10.9 Å². The van der Waals surface area contributed by atoms with Crippen molar-refractivity contribution < 1.29 is 40.0 Å². The van der Waals surface area contributed by atoms with Crippen LogP contribution in [0.1, 0.15) is 44.9 Å². The first kappa shape index (κ1) is 25.4. The van der Waals surface area contributed by atoms with Crippen molar-refractivity contribution in [3.8, 4) is 11.6 Å². The SMILES string of the molecule is COc1cc2c3c(c(OS(=O)(=O)C(F)(F)F)nc2c(Cl)c1Cl)CN(C(=O)OC(C)(C)C)[C@H]3C. The highest BCUT2D eigenvalue weighted by Gasteiger charge is 2.50. The van der Waals surface area contributed by atoms with Gasteiger partial charge in [-0.2, -0.15) is 21.6 Å². The average molecular weight is 531 g/mol. The molecule has 0 spiro atoms. The highest BCUT2D eigenvalue weighted by molar-refractivity contribution is 7.88. The van der Waals surface area contributed by atoms with Crippen LogP contribution in [0.4, 0.5) is 18.0 Å². The molecule has 1 aromatic heterocycles. The summed E-state index contributed by atoms with van der Waals surface area (Å²) in [5, 5.41) is 0.0240. The Hall–Kier alpha value is -2.18. The Labute approximate surface area is 197 Å². The van der Waals surface area contributed by atoms with Crippen LogP contribution in [-0.4, -0.2) is 42.6 Å². The van der Waals surface area contributed by atoms with Crippen molar-refractivity contribution in [3.63, 3.8) is 0 Å². The molecule has 2 aromatic rings. The second-order valence-corrected chi connectivity index (χ2v) is 10.5. The minimum Gasteiger partial charge on any atom is -0.495 e. The Bertz CT molecular complexity index is 1250. The predicted molar refractivity (Wildman–Crippen MR) is 114 cm³/mol. The lowest BCUT2D eigenvalue weighted by Gasteiger charge is -2.27. The van der Waals surface area contributed by atoms with Crippen LogP contribution in [0.25, 0.3) is 10.9 Å². The molecule has 0 aliphatic carbocycles. The summed E-state index contributed by atoms with van der Waals surface area (Å²) in [6.07, 6.45) is -0.768. The fraction of sp³-hybridized carbons (Fsp3) is 0.474. The fourth-order valence-corrected chi connectivity index (χ4v) is 4.26. The van der Waals surface area contributed by atoms with Crippen molar-refractivity contribution in [2.75, 3.05) is 7.11 Å². The molecule has 0 radical (unpaired) electrons. The normalized spacial score (nSPS) is 16.7. The number of hydrogen-bond acceptors (Lipinski definition) is 7. The summed E-state index contributed by atoms with van der Waals surface area (Å²) in [6.45, 7) is 6.21. The second kappa shape index (κ2) is 8.24. The molecule has 0 bridgehead atoms. The summed E-state index contributed by atoms with van der Waals surface area (Å²) < 4.78 is 77.4. The molecule has 0 unspecified atom stereocenters. The molecular formula is C19H19Cl2F3N2O6S. The average Bonchev–Trinajstić information content (AvgIpc) is 3.01. The fourth-order valence-electron chi connectivity index (χ4n) is 3.36. The van der Waals surface area contributed by atoms with Gasteiger partial charge in [0.1, 0.15) is 16.4 Å². The molecule has 2 heterocycles. The number of fused-ring (bicyclic) bond motifs is 3. The number of halogens is 5. The lowest BCUT2D eigenvalue weighted by Crippen LogP contribution is -2.35. The van der Waals surface area contributed by atoms with Crippen LogP contribution in [0.2, 0.25) is 10.0 Å². The number of carbonyl (C=O) groups is 1. The lowest BCUT2D eigenvalue weighted by molar-refractivity contribution is -0.0501. The van der Waals surface area contributed by atoms with Gasteiger partial charge in [-0.1, -0.05) is 23.2 Å². The zero-order chi connectivity index (χ0) is 25.1. The van der Waals surface area contributed by atoms with Gasteiger partial charge in [0.05, 0.1) is 30.2 Å². The first-order valence-corrected chi connectivity index (χ1v) is 11.5. The van der Waals surface area contributed by atoms with E-state index in [1.807, 2.05) is 0 Å². The number of amides is 1. The molecule has 1 aromatic carbocycles. The maximum absolute atomic E-state index is 13.0. The third-order valence-corrected chi connectivity index (χ3v) is 6.55. The zero-order valence-electron chi connectivity index (χ0n) is 18.0. The predicted octanol–water partition coefficient (Wildman–Crippen LogP) is 5.59. The molecule has 1 amide bonds. The van der Waals surface area contributed by atoms with E-state index in [-0.39, 0.29) is 39.0 Å². The van der Waals surface area contributed by atoms with Gasteiger partial charge >= 0.3 is 21.7 Å². The maximum atomic E-state index is 13.0. The van der Waals surface area contributed by atoms with Crippen molar-refractivity contribution in [2.24, 2.45) is 0 Å². The molecule has 0 N–H and O–H groups in total. The number of hydrogen-bond donors (Lipinski definition) is 0. The molecule has 0 fully saturated rings. The minimum absolute atomic E-state index is 0.0471. The van der Waals surface area contributed by atoms with Gasteiger partial charge in [-0.15, -0.1) is 0 Å². The topological polar surface area (TPSA) is 95.0 Å². The van der Waals surface area contributed by atoms with Crippen molar-refractivity contribution in [3.05, 3.63) is 27.2 Å². The molecule has 3 rings (SSSR count). The van der Waals surface area contributed by atoms with Crippen LogP contribution in [0.5, 0.6) is 11.6 Å². The van der Waals surface area contributed by atoms with Crippen LogP contribution in [0.3, 0.4) is 0 Å². The van der Waals surface area contributed by atoms with Crippen LogP contribution >= 0.6 is 23.2 Å². The zero-order valence-corrected chi connectivity index (χ0v) is 20.3. The van der Waals surface area contributed by atoms with Crippen molar-refractivity contribution in [2.45, 2.75) is 51.4 Å². The maximum Gasteiger partial charge on any atom is 0.534 e. The number of nitrogens with zero attached hydrogens (tertiary/aromatic N) is 2. The van der Waals surface area contributed by atoms with Crippen molar-refractivity contribution in [1.82, 2.24) is 9.88 Å². The molecule has 1 aliphatic rings. The van der Waals surface area contributed by atoms with Crippen molar-refractivity contribution >= 4 is 50.3 Å². The summed E-state index contributed by atoms with van der Waals surface area (Å²) in [6, 6.07) is 0.685. The summed E-state index contributed by atoms with van der Waals surface area (Å²) in [5.41, 5.74) is -6.45. The van der Waals surface area contributed by atoms with E-state index >= 15 is 0 Å². The summed E-state index contributed by atoms with van der Waals surface area (Å²) in [4.78, 5) is 17.9. The van der Waals surface area contributed by atoms with Gasteiger partial charge in [-0.3, -0.25) is 4.90 Å². The molecule has 14 heteroatoms. The molecular weight excluding hydrogens is 512 g/mol. The highest BCUT2D eigenvalue weighted by atomic mass is 35.5. The monoisotopic (exact) mass is 530 g/mol. The number of carbonyl (C=O) groups excluding carboxylic acids is 1. The number of alkyl halides is 3. The third-order valence-electron chi connectivity index (χ3n) is 4.77. The van der Waals surface area contributed by atoms with Crippen molar-refractivity contribution in [1.29, 1.82) is 0 Å². The smallest absolute Gasteiger partial charge is 0.495 e. The Morgan fingerprint density at radius 2 is 1.82 bits per heavy atom. The van der Waals surface area contributed by atoms with E-state index in [0.717, 1.165) is 0 Å². The number of ether oxygens (including phenoxy) is 2. The largest absolute Gasteiger partial charge is 0.534 e. The lowest BCUT2D eigenvalue weighted by atomic mass is 10.0. The van der Waals surface area contributed by atoms with Gasteiger partial charge in [0.2, 0.25) is 5.88 Å². The van der Waals surface area contributed by atoms with E-state index in [1.54, 1.807) is 27.7 Å². The van der Waals surface area contributed by atoms with Gasteiger partial charge < -0.3 is 13.7 Å². The van der Waals surface area contributed by atoms with Gasteiger partial charge in [0.25, 0.3) is 0 Å². The summed E-state index contributed by atoms with van der Waals surface area (Å²) in [7, 11) is -4.72. The number of benzene rings is 1. The van der Waals surface area contributed by atoms with Gasteiger partial charge in [0.15, 0.2) is 0 Å². The first-order chi connectivity index (χ1) is 15.0. The van der Waals surface area contributed by atoms with Gasteiger partial charge in [-0.25, -0.2) is 9.78 Å². The van der Waals surface area contributed by atoms with Crippen LogP contribution in [0, 0.1) is 0 Å². The molecule has 0 saturated heterocycles. The van der Waals surface area contributed by atoms with E-state index in [1.165, 1.54) is 18.1 Å². The van der Waals surface area contributed by atoms with Gasteiger partial charge in [-0.05, 0) is 39.3 Å². The number of aromatic nitrogens is 1. The van der Waals surface area contributed by atoms with E-state index < -0.39 is 39.2 Å². The minimum atomic E-state index is -6.06. The Morgan fingerprint density at radius 3 is 2.33 bits per heavy atom. The quantitative estimate of drug-likeness (QED) is 0.377. The van der Waals surface area contributed by atoms with Crippen LogP contribution in [0.15, 0.2) is 6.07 Å². The highest BCUT2D eigenvalue weighted by Crippen LogP contribution is 2.47. The van der Waals surface area contributed by atoms with Crippen LogP contribution < -0.4 is 8.92 Å². The van der Waals surface area contributed by atoms with E-state index in [2.05, 4.69) is 9.17 Å². The number of pyridine rings is 1. The van der Waals surface area contributed by atoms with E-state index in [4.69, 9.17) is 32.7 Å². The third kappa shape index (κ3) is 4.60.